The van der Waals surface area contributed by atoms with Gasteiger partial charge in [0, 0.05) is 18.3 Å². The van der Waals surface area contributed by atoms with E-state index in [-0.39, 0.29) is 35.3 Å². The molecule has 1 amide bonds. The van der Waals surface area contributed by atoms with Crippen molar-refractivity contribution in [3.8, 4) is 0 Å². The van der Waals surface area contributed by atoms with Crippen LogP contribution in [0.25, 0.3) is 5.65 Å². The number of ether oxygens (including phenoxy) is 1. The third kappa shape index (κ3) is 3.85. The first-order valence-corrected chi connectivity index (χ1v) is 11.9. The summed E-state index contributed by atoms with van der Waals surface area (Å²) in [4.78, 5) is 31.0. The number of nitrogens with zero attached hydrogens (tertiary/aromatic N) is 6. The molecule has 0 spiro atoms. The molecule has 3 aromatic heterocycles. The van der Waals surface area contributed by atoms with Crippen LogP contribution in [0.15, 0.2) is 24.7 Å². The van der Waals surface area contributed by atoms with Gasteiger partial charge in [0.2, 0.25) is 0 Å². The topological polar surface area (TPSA) is 107 Å². The van der Waals surface area contributed by atoms with E-state index in [0.29, 0.717) is 44.5 Å². The SMILES string of the molecule is O=CC1CCC(n2cc(NC(=O)c3cnn4ccc(N5C6COCC5C6)nc34)c(C(F)F)n2)CC1. The number of morpholine rings is 1. The van der Waals surface area contributed by atoms with Crippen LogP contribution in [0.1, 0.15) is 60.6 Å². The number of rotatable bonds is 6. The van der Waals surface area contributed by atoms with Crippen molar-refractivity contribution in [2.45, 2.75) is 56.7 Å². The van der Waals surface area contributed by atoms with Gasteiger partial charge in [-0.05, 0) is 38.2 Å². The van der Waals surface area contributed by atoms with Gasteiger partial charge in [0.15, 0.2) is 11.3 Å². The van der Waals surface area contributed by atoms with Crippen LogP contribution in [0, 0.1) is 5.92 Å². The zero-order valence-corrected chi connectivity index (χ0v) is 18.9. The average Bonchev–Trinajstić information content (AvgIpc) is 3.49. The van der Waals surface area contributed by atoms with Gasteiger partial charge in [0.25, 0.3) is 12.3 Å². The summed E-state index contributed by atoms with van der Waals surface area (Å²) in [6.45, 7) is 1.29. The molecule has 1 N–H and O–H groups in total. The van der Waals surface area contributed by atoms with Crippen LogP contribution >= 0.6 is 0 Å². The lowest BCUT2D eigenvalue weighted by atomic mass is 9.87. The van der Waals surface area contributed by atoms with Crippen LogP contribution in [0.5, 0.6) is 0 Å². The first-order chi connectivity index (χ1) is 17.0. The number of hydrogen-bond donors (Lipinski definition) is 1. The molecule has 3 aliphatic rings. The maximum Gasteiger partial charge on any atom is 0.284 e. The first kappa shape index (κ1) is 22.1. The highest BCUT2D eigenvalue weighted by Crippen LogP contribution is 2.36. The number of carbonyl (C=O) groups excluding carboxylic acids is 2. The summed E-state index contributed by atoms with van der Waals surface area (Å²) < 4.78 is 36.0. The van der Waals surface area contributed by atoms with Gasteiger partial charge in [-0.15, -0.1) is 0 Å². The Morgan fingerprint density at radius 3 is 2.63 bits per heavy atom. The minimum Gasteiger partial charge on any atom is -0.377 e. The highest BCUT2D eigenvalue weighted by Gasteiger charge is 2.43. The predicted octanol–water partition coefficient (Wildman–Crippen LogP) is 3.02. The predicted molar refractivity (Wildman–Crippen MR) is 121 cm³/mol. The number of amides is 1. The van der Waals surface area contributed by atoms with Crippen LogP contribution < -0.4 is 10.2 Å². The Labute approximate surface area is 199 Å². The molecule has 35 heavy (non-hydrogen) atoms. The monoisotopic (exact) mass is 485 g/mol. The molecule has 1 saturated carbocycles. The Hall–Kier alpha value is -3.41. The molecule has 2 saturated heterocycles. The van der Waals surface area contributed by atoms with Crippen molar-refractivity contribution in [3.63, 3.8) is 0 Å². The number of aromatic nitrogens is 5. The standard InChI is InChI=1S/C23H25F2N7O3/c24-21(25)20-18(9-31(29-20)14-3-1-13(10-33)2-4-14)27-23(34)17-8-26-30-6-5-19(28-22(17)30)32-15-7-16(32)12-35-11-15/h5-6,8-10,13-16,21H,1-4,7,11-12H2,(H,27,34). The summed E-state index contributed by atoms with van der Waals surface area (Å²) in [6, 6.07) is 2.30. The fraction of sp³-hybridized carbons (Fsp3) is 0.522. The Morgan fingerprint density at radius 1 is 1.17 bits per heavy atom. The molecule has 3 aromatic rings. The fourth-order valence-electron chi connectivity index (χ4n) is 5.42. The van der Waals surface area contributed by atoms with E-state index in [4.69, 9.17) is 4.74 Å². The Kier molecular flexibility index (Phi) is 5.47. The van der Waals surface area contributed by atoms with Crippen molar-refractivity contribution < 1.29 is 23.1 Å². The summed E-state index contributed by atoms with van der Waals surface area (Å²) >= 11 is 0. The quantitative estimate of drug-likeness (QED) is 0.535. The maximum absolute atomic E-state index is 13.8. The van der Waals surface area contributed by atoms with E-state index in [0.717, 1.165) is 18.5 Å². The molecule has 5 heterocycles. The third-order valence-corrected chi connectivity index (χ3v) is 7.34. The summed E-state index contributed by atoms with van der Waals surface area (Å²) in [6.07, 6.45) is 6.47. The highest BCUT2D eigenvalue weighted by atomic mass is 19.3. The number of hydrogen-bond acceptors (Lipinski definition) is 7. The second kappa shape index (κ2) is 8.67. The number of alkyl halides is 2. The average molecular weight is 485 g/mol. The largest absolute Gasteiger partial charge is 0.377 e. The Bertz CT molecular complexity index is 1250. The summed E-state index contributed by atoms with van der Waals surface area (Å²) in [5.74, 6) is 0.165. The van der Waals surface area contributed by atoms with Crippen LogP contribution in [-0.2, 0) is 9.53 Å². The molecule has 2 bridgehead atoms. The lowest BCUT2D eigenvalue weighted by molar-refractivity contribution is -0.112. The molecule has 1 aliphatic carbocycles. The van der Waals surface area contributed by atoms with Crippen molar-refractivity contribution in [2.75, 3.05) is 23.4 Å². The fourth-order valence-corrected chi connectivity index (χ4v) is 5.42. The second-order valence-corrected chi connectivity index (χ2v) is 9.47. The van der Waals surface area contributed by atoms with E-state index in [9.17, 15) is 18.4 Å². The summed E-state index contributed by atoms with van der Waals surface area (Å²) in [5.41, 5.74) is 0.0270. The molecular formula is C23H25F2N7O3. The van der Waals surface area contributed by atoms with Crippen molar-refractivity contribution in [1.29, 1.82) is 0 Å². The molecular weight excluding hydrogens is 460 g/mol. The first-order valence-electron chi connectivity index (χ1n) is 11.9. The number of halogens is 2. The minimum absolute atomic E-state index is 0.00641. The molecule has 2 atom stereocenters. The van der Waals surface area contributed by atoms with E-state index in [1.165, 1.54) is 21.6 Å². The molecule has 2 unspecified atom stereocenters. The van der Waals surface area contributed by atoms with E-state index >= 15 is 0 Å². The maximum atomic E-state index is 13.8. The van der Waals surface area contributed by atoms with E-state index in [1.807, 2.05) is 6.07 Å². The van der Waals surface area contributed by atoms with Crippen LogP contribution in [0.3, 0.4) is 0 Å². The van der Waals surface area contributed by atoms with Gasteiger partial charge in [0.05, 0.1) is 43.2 Å². The van der Waals surface area contributed by atoms with Gasteiger partial charge in [0.1, 0.15) is 17.7 Å². The van der Waals surface area contributed by atoms with Gasteiger partial charge in [-0.25, -0.2) is 18.3 Å². The van der Waals surface area contributed by atoms with Gasteiger partial charge < -0.3 is 19.7 Å². The van der Waals surface area contributed by atoms with Gasteiger partial charge in [-0.3, -0.25) is 9.48 Å². The summed E-state index contributed by atoms with van der Waals surface area (Å²) in [7, 11) is 0. The number of anilines is 2. The number of fused-ring (bicyclic) bond motifs is 3. The van der Waals surface area contributed by atoms with Crippen molar-refractivity contribution >= 4 is 29.3 Å². The zero-order valence-electron chi connectivity index (χ0n) is 18.9. The smallest absolute Gasteiger partial charge is 0.284 e. The van der Waals surface area contributed by atoms with Crippen molar-refractivity contribution in [1.82, 2.24) is 24.4 Å². The number of nitrogens with one attached hydrogen (secondary N) is 1. The zero-order chi connectivity index (χ0) is 24.1. The van der Waals surface area contributed by atoms with Gasteiger partial charge >= 0.3 is 0 Å². The minimum atomic E-state index is -2.85. The van der Waals surface area contributed by atoms with Crippen LogP contribution in [-0.4, -0.2) is 61.9 Å². The molecule has 0 radical (unpaired) electrons. The van der Waals surface area contributed by atoms with Crippen LogP contribution in [0.4, 0.5) is 20.3 Å². The van der Waals surface area contributed by atoms with E-state index in [2.05, 4.69) is 25.4 Å². The number of aldehydes is 1. The molecule has 0 aromatic carbocycles. The van der Waals surface area contributed by atoms with E-state index in [1.54, 1.807) is 6.20 Å². The lowest BCUT2D eigenvalue weighted by Gasteiger charge is -2.53. The van der Waals surface area contributed by atoms with Crippen molar-refractivity contribution in [3.05, 3.63) is 35.9 Å². The molecule has 184 valence electrons. The second-order valence-electron chi connectivity index (χ2n) is 9.47. The highest BCUT2D eigenvalue weighted by molar-refractivity contribution is 6.08. The number of carbonyl (C=O) groups is 2. The van der Waals surface area contributed by atoms with Crippen molar-refractivity contribution in [2.24, 2.45) is 5.92 Å². The Morgan fingerprint density at radius 2 is 1.94 bits per heavy atom. The van der Waals surface area contributed by atoms with Gasteiger partial charge in [-0.2, -0.15) is 10.2 Å². The molecule has 2 aliphatic heterocycles. The van der Waals surface area contributed by atoms with Gasteiger partial charge in [-0.1, -0.05) is 0 Å². The third-order valence-electron chi connectivity index (χ3n) is 7.34. The van der Waals surface area contributed by atoms with E-state index < -0.39 is 18.0 Å². The Balaban J connectivity index is 1.25. The normalized spacial score (nSPS) is 26.1. The molecule has 6 rings (SSSR count). The molecule has 3 fully saturated rings. The molecule has 12 heteroatoms. The molecule has 10 nitrogen and oxygen atoms in total. The van der Waals surface area contributed by atoms with Crippen LogP contribution in [0.2, 0.25) is 0 Å². The summed E-state index contributed by atoms with van der Waals surface area (Å²) in [5, 5.41) is 10.9. The lowest BCUT2D eigenvalue weighted by Crippen LogP contribution is -2.64.